The number of nitrogens with zero attached hydrogens (tertiary/aromatic N) is 3. The third-order valence-corrected chi connectivity index (χ3v) is 4.21. The Morgan fingerprint density at radius 3 is 2.67 bits per heavy atom. The van der Waals surface area contributed by atoms with Gasteiger partial charge in [0.1, 0.15) is 12.9 Å². The zero-order valence-corrected chi connectivity index (χ0v) is 15.4. The second-order valence-electron chi connectivity index (χ2n) is 5.78. The molecule has 1 aromatic carbocycles. The molecule has 4 nitrogen and oxygen atoms in total. The van der Waals surface area contributed by atoms with Crippen molar-refractivity contribution in [3.8, 4) is 11.4 Å². The summed E-state index contributed by atoms with van der Waals surface area (Å²) >= 11 is 3.45. The van der Waals surface area contributed by atoms with E-state index in [1.807, 2.05) is 50.5 Å². The number of anilines is 1. The lowest BCUT2D eigenvalue weighted by Crippen LogP contribution is -2.27. The van der Waals surface area contributed by atoms with Crippen LogP contribution in [0.3, 0.4) is 0 Å². The lowest BCUT2D eigenvalue weighted by atomic mass is 10.2. The van der Waals surface area contributed by atoms with Crippen molar-refractivity contribution in [2.75, 3.05) is 11.9 Å². The summed E-state index contributed by atoms with van der Waals surface area (Å²) in [6.45, 7) is 2.83. The Bertz CT molecular complexity index is 831. The van der Waals surface area contributed by atoms with Crippen LogP contribution in [0.25, 0.3) is 11.4 Å². The van der Waals surface area contributed by atoms with E-state index in [9.17, 15) is 0 Å². The lowest BCUT2D eigenvalue weighted by molar-refractivity contribution is -0.671. The van der Waals surface area contributed by atoms with Gasteiger partial charge in [-0.25, -0.2) is 14.5 Å². The number of rotatable bonds is 5. The smallest absolute Gasteiger partial charge is 0.171 e. The van der Waals surface area contributed by atoms with Gasteiger partial charge in [0.2, 0.25) is 0 Å². The highest BCUT2D eigenvalue weighted by Gasteiger charge is 2.05. The maximum absolute atomic E-state index is 4.64. The first-order valence-corrected chi connectivity index (χ1v) is 8.69. The van der Waals surface area contributed by atoms with E-state index in [0.29, 0.717) is 0 Å². The van der Waals surface area contributed by atoms with Gasteiger partial charge in [-0.05, 0) is 31.5 Å². The minimum Gasteiger partial charge on any atom is -0.370 e. The van der Waals surface area contributed by atoms with Gasteiger partial charge in [-0.3, -0.25) is 0 Å². The molecule has 0 atom stereocenters. The Morgan fingerprint density at radius 1 is 1.12 bits per heavy atom. The predicted octanol–water partition coefficient (Wildman–Crippen LogP) is 3.69. The summed E-state index contributed by atoms with van der Waals surface area (Å²) in [5, 5.41) is 3.41. The van der Waals surface area contributed by atoms with Crippen molar-refractivity contribution in [3.63, 3.8) is 0 Å². The summed E-state index contributed by atoms with van der Waals surface area (Å²) in [6, 6.07) is 14.2. The summed E-state index contributed by atoms with van der Waals surface area (Å²) < 4.78 is 3.11. The Morgan fingerprint density at radius 2 is 1.92 bits per heavy atom. The summed E-state index contributed by atoms with van der Waals surface area (Å²) in [7, 11) is 2.04. The largest absolute Gasteiger partial charge is 0.370 e. The first-order chi connectivity index (χ1) is 11.6. The predicted molar refractivity (Wildman–Crippen MR) is 99.7 cm³/mol. The molecule has 0 spiro atoms. The van der Waals surface area contributed by atoms with E-state index >= 15 is 0 Å². The number of aromatic nitrogens is 3. The van der Waals surface area contributed by atoms with E-state index in [1.54, 1.807) is 0 Å². The van der Waals surface area contributed by atoms with Gasteiger partial charge in [-0.1, -0.05) is 28.1 Å². The van der Waals surface area contributed by atoms with Crippen LogP contribution in [-0.4, -0.2) is 16.5 Å². The fourth-order valence-electron chi connectivity index (χ4n) is 2.52. The molecule has 2 aromatic heterocycles. The van der Waals surface area contributed by atoms with E-state index in [1.165, 1.54) is 5.56 Å². The molecule has 0 radical (unpaired) electrons. The van der Waals surface area contributed by atoms with E-state index in [-0.39, 0.29) is 0 Å². The normalized spacial score (nSPS) is 10.6. The first-order valence-electron chi connectivity index (χ1n) is 7.90. The van der Waals surface area contributed by atoms with Crippen molar-refractivity contribution in [2.45, 2.75) is 13.3 Å². The van der Waals surface area contributed by atoms with Crippen molar-refractivity contribution < 1.29 is 4.57 Å². The number of pyridine rings is 1. The average molecular weight is 384 g/mol. The minimum absolute atomic E-state index is 0.746. The Labute approximate surface area is 150 Å². The molecule has 5 heteroatoms. The van der Waals surface area contributed by atoms with Crippen molar-refractivity contribution in [3.05, 3.63) is 70.6 Å². The number of nitrogens with one attached hydrogen (secondary N) is 1. The van der Waals surface area contributed by atoms with Gasteiger partial charge in [-0.15, -0.1) is 0 Å². The van der Waals surface area contributed by atoms with Crippen molar-refractivity contribution in [2.24, 2.45) is 7.05 Å². The van der Waals surface area contributed by atoms with Gasteiger partial charge in [-0.2, -0.15) is 0 Å². The van der Waals surface area contributed by atoms with Crippen molar-refractivity contribution in [1.82, 2.24) is 9.97 Å². The summed E-state index contributed by atoms with van der Waals surface area (Å²) in [4.78, 5) is 9.18. The van der Waals surface area contributed by atoms with E-state index in [0.717, 1.165) is 40.3 Å². The molecule has 0 aliphatic rings. The maximum atomic E-state index is 4.64. The fourth-order valence-corrected chi connectivity index (χ4v) is 2.78. The number of benzene rings is 1. The summed E-state index contributed by atoms with van der Waals surface area (Å²) in [6.07, 6.45) is 5.13. The molecule has 0 amide bonds. The zero-order chi connectivity index (χ0) is 16.9. The highest BCUT2D eigenvalue weighted by molar-refractivity contribution is 9.10. The molecule has 0 bridgehead atoms. The van der Waals surface area contributed by atoms with Crippen LogP contribution >= 0.6 is 15.9 Å². The molecule has 2 heterocycles. The third kappa shape index (κ3) is 4.38. The molecule has 0 saturated carbocycles. The van der Waals surface area contributed by atoms with Gasteiger partial charge in [0.25, 0.3) is 0 Å². The highest BCUT2D eigenvalue weighted by Crippen LogP contribution is 2.20. The van der Waals surface area contributed by atoms with Crippen LogP contribution in [0.15, 0.2) is 59.3 Å². The van der Waals surface area contributed by atoms with E-state index in [2.05, 4.69) is 54.1 Å². The number of hydrogen-bond acceptors (Lipinski definition) is 3. The molecule has 24 heavy (non-hydrogen) atoms. The molecule has 122 valence electrons. The highest BCUT2D eigenvalue weighted by atomic mass is 79.9. The van der Waals surface area contributed by atoms with Crippen molar-refractivity contribution in [1.29, 1.82) is 0 Å². The van der Waals surface area contributed by atoms with Crippen LogP contribution < -0.4 is 9.88 Å². The van der Waals surface area contributed by atoms with Gasteiger partial charge >= 0.3 is 0 Å². The molecule has 0 saturated heterocycles. The van der Waals surface area contributed by atoms with E-state index < -0.39 is 0 Å². The van der Waals surface area contributed by atoms with Crippen LogP contribution in [0.5, 0.6) is 0 Å². The van der Waals surface area contributed by atoms with Crippen LogP contribution in [0.1, 0.15) is 11.3 Å². The molecule has 0 aliphatic carbocycles. The van der Waals surface area contributed by atoms with Crippen molar-refractivity contribution >= 4 is 21.7 Å². The molecule has 3 aromatic rings. The van der Waals surface area contributed by atoms with Crippen LogP contribution in [0.4, 0.5) is 5.82 Å². The topological polar surface area (TPSA) is 41.7 Å². The Kier molecular flexibility index (Phi) is 5.20. The monoisotopic (exact) mass is 383 g/mol. The van der Waals surface area contributed by atoms with Gasteiger partial charge in [0.05, 0.1) is 0 Å². The molecule has 0 unspecified atom stereocenters. The fraction of sp³-hybridized carbons (Fsp3) is 0.211. The summed E-state index contributed by atoms with van der Waals surface area (Å²) in [5.74, 6) is 1.61. The lowest BCUT2D eigenvalue weighted by Gasteiger charge is -2.08. The maximum Gasteiger partial charge on any atom is 0.171 e. The zero-order valence-electron chi connectivity index (χ0n) is 13.8. The Balaban J connectivity index is 1.71. The first kappa shape index (κ1) is 16.6. The summed E-state index contributed by atoms with van der Waals surface area (Å²) in [5.41, 5.74) is 3.27. The molecular formula is C19H20BrN4+. The molecule has 0 fully saturated rings. The third-order valence-electron chi connectivity index (χ3n) is 3.68. The second kappa shape index (κ2) is 7.53. The van der Waals surface area contributed by atoms with Gasteiger partial charge < -0.3 is 5.32 Å². The standard InChI is InChI=1S/C19H20BrN4/c1-14-12-18(21-10-9-15-4-3-11-24(2)13-15)23-19(22-14)16-5-7-17(20)8-6-16/h3-8,11-13H,9-10H2,1-2H3,(H,21,22,23)/q+1. The molecule has 1 N–H and O–H groups in total. The second-order valence-corrected chi connectivity index (χ2v) is 6.70. The quantitative estimate of drug-likeness (QED) is 0.683. The molecule has 0 aliphatic heterocycles. The SMILES string of the molecule is Cc1cc(NCCc2ccc[n+](C)c2)nc(-c2ccc(Br)cc2)n1. The number of aryl methyl sites for hydroxylation is 2. The average Bonchev–Trinajstić information content (AvgIpc) is 2.55. The number of halogens is 1. The van der Waals surface area contributed by atoms with Crippen LogP contribution in [-0.2, 0) is 13.5 Å². The molecular weight excluding hydrogens is 364 g/mol. The van der Waals surface area contributed by atoms with E-state index in [4.69, 9.17) is 0 Å². The van der Waals surface area contributed by atoms with Gasteiger partial charge in [0.15, 0.2) is 18.2 Å². The molecule has 3 rings (SSSR count). The van der Waals surface area contributed by atoms with Crippen LogP contribution in [0, 0.1) is 6.92 Å². The minimum atomic E-state index is 0.746. The number of hydrogen-bond donors (Lipinski definition) is 1. The van der Waals surface area contributed by atoms with Crippen LogP contribution in [0.2, 0.25) is 0 Å². The Hall–Kier alpha value is -2.27. The van der Waals surface area contributed by atoms with Gasteiger partial charge in [0, 0.05) is 40.0 Å².